The Hall–Kier alpha value is -1.10. The van der Waals surface area contributed by atoms with Crippen molar-refractivity contribution in [1.29, 1.82) is 0 Å². The van der Waals surface area contributed by atoms with Crippen LogP contribution in [0.2, 0.25) is 0 Å². The number of hydrogen-bond donors (Lipinski definition) is 2. The Morgan fingerprint density at radius 1 is 1.19 bits per heavy atom. The highest BCUT2D eigenvalue weighted by Crippen LogP contribution is 2.22. The monoisotopic (exact) mass is 298 g/mol. The highest BCUT2D eigenvalue weighted by Gasteiger charge is 2.31. The van der Waals surface area contributed by atoms with Crippen molar-refractivity contribution >= 4 is 11.9 Å². The summed E-state index contributed by atoms with van der Waals surface area (Å²) in [5.74, 6) is 0.260. The molecule has 0 aromatic rings. The van der Waals surface area contributed by atoms with Crippen LogP contribution in [0.5, 0.6) is 0 Å². The van der Waals surface area contributed by atoms with Crippen molar-refractivity contribution < 1.29 is 14.7 Å². The lowest BCUT2D eigenvalue weighted by Gasteiger charge is -2.38. The van der Waals surface area contributed by atoms with Crippen LogP contribution in [0.3, 0.4) is 0 Å². The quantitative estimate of drug-likeness (QED) is 0.786. The zero-order valence-electron chi connectivity index (χ0n) is 13.9. The molecule has 5 heteroatoms. The van der Waals surface area contributed by atoms with E-state index in [0.717, 1.165) is 13.1 Å². The average molecular weight is 298 g/mol. The molecule has 1 aliphatic heterocycles. The molecule has 0 radical (unpaired) electrons. The van der Waals surface area contributed by atoms with Crippen LogP contribution in [0.25, 0.3) is 0 Å². The van der Waals surface area contributed by atoms with E-state index in [2.05, 4.69) is 24.1 Å². The van der Waals surface area contributed by atoms with E-state index in [1.54, 1.807) is 0 Å². The lowest BCUT2D eigenvalue weighted by atomic mass is 9.91. The van der Waals surface area contributed by atoms with Gasteiger partial charge < -0.3 is 10.4 Å². The normalized spacial score (nSPS) is 26.4. The van der Waals surface area contributed by atoms with E-state index >= 15 is 0 Å². The Kier molecular flexibility index (Phi) is 6.65. The first-order valence-corrected chi connectivity index (χ1v) is 7.97. The number of hydrogen-bond acceptors (Lipinski definition) is 3. The van der Waals surface area contributed by atoms with E-state index in [4.69, 9.17) is 0 Å². The smallest absolute Gasteiger partial charge is 0.326 e. The number of carboxylic acids is 1. The Balaban J connectivity index is 2.62. The molecule has 0 saturated carbocycles. The number of aliphatic carboxylic acids is 1. The predicted octanol–water partition coefficient (Wildman–Crippen LogP) is 1.97. The van der Waals surface area contributed by atoms with Gasteiger partial charge in [-0.05, 0) is 37.5 Å². The van der Waals surface area contributed by atoms with Gasteiger partial charge in [-0.15, -0.1) is 0 Å². The van der Waals surface area contributed by atoms with Gasteiger partial charge in [0.1, 0.15) is 6.04 Å². The molecule has 0 aromatic carbocycles. The summed E-state index contributed by atoms with van der Waals surface area (Å²) >= 11 is 0. The third-order valence-corrected chi connectivity index (χ3v) is 4.15. The Morgan fingerprint density at radius 3 is 2.14 bits per heavy atom. The molecule has 0 aliphatic carbocycles. The number of amides is 1. The van der Waals surface area contributed by atoms with Crippen molar-refractivity contribution in [3.63, 3.8) is 0 Å². The predicted molar refractivity (Wildman–Crippen MR) is 83.0 cm³/mol. The fourth-order valence-corrected chi connectivity index (χ4v) is 3.18. The molecule has 1 fully saturated rings. The van der Waals surface area contributed by atoms with Gasteiger partial charge >= 0.3 is 5.97 Å². The molecule has 1 amide bonds. The molecule has 5 nitrogen and oxygen atoms in total. The molecule has 1 heterocycles. The summed E-state index contributed by atoms with van der Waals surface area (Å²) in [6, 6.07) is -1.07. The summed E-state index contributed by atoms with van der Waals surface area (Å²) in [4.78, 5) is 25.8. The minimum absolute atomic E-state index is 0.177. The highest BCUT2D eigenvalue weighted by atomic mass is 16.4. The van der Waals surface area contributed by atoms with Gasteiger partial charge in [0, 0.05) is 13.1 Å². The lowest BCUT2D eigenvalue weighted by molar-refractivity contribution is -0.143. The maximum atomic E-state index is 12.3. The molecule has 122 valence electrons. The van der Waals surface area contributed by atoms with Crippen molar-refractivity contribution in [3.8, 4) is 0 Å². The van der Waals surface area contributed by atoms with E-state index in [9.17, 15) is 14.7 Å². The summed E-state index contributed by atoms with van der Waals surface area (Å²) < 4.78 is 0. The van der Waals surface area contributed by atoms with Crippen LogP contribution in [-0.4, -0.2) is 47.1 Å². The fourth-order valence-electron chi connectivity index (χ4n) is 3.18. The van der Waals surface area contributed by atoms with Gasteiger partial charge in [-0.2, -0.15) is 0 Å². The first kappa shape index (κ1) is 18.0. The second-order valence-electron chi connectivity index (χ2n) is 7.10. The number of likely N-dealkylation sites (tertiary alicyclic amines) is 1. The van der Waals surface area contributed by atoms with Gasteiger partial charge in [0.2, 0.25) is 5.91 Å². The number of nitrogens with zero attached hydrogens (tertiary/aromatic N) is 1. The Bertz CT molecular complexity index is 361. The topological polar surface area (TPSA) is 69.6 Å². The number of carboxylic acid groups (broad SMARTS) is 1. The van der Waals surface area contributed by atoms with Gasteiger partial charge in [-0.25, -0.2) is 4.79 Å². The van der Waals surface area contributed by atoms with Crippen molar-refractivity contribution in [2.75, 3.05) is 13.1 Å². The van der Waals surface area contributed by atoms with Crippen LogP contribution in [-0.2, 0) is 9.59 Å². The molecule has 4 unspecified atom stereocenters. The fraction of sp³-hybridized carbons (Fsp3) is 0.875. The molecule has 0 spiro atoms. The third-order valence-electron chi connectivity index (χ3n) is 4.15. The first-order chi connectivity index (χ1) is 9.70. The van der Waals surface area contributed by atoms with E-state index in [1.807, 2.05) is 20.8 Å². The molecule has 1 aliphatic rings. The summed E-state index contributed by atoms with van der Waals surface area (Å²) in [6.45, 7) is 12.0. The summed E-state index contributed by atoms with van der Waals surface area (Å²) in [5.41, 5.74) is 0. The van der Waals surface area contributed by atoms with Crippen LogP contribution >= 0.6 is 0 Å². The average Bonchev–Trinajstić information content (AvgIpc) is 2.35. The Morgan fingerprint density at radius 2 is 1.71 bits per heavy atom. The zero-order valence-corrected chi connectivity index (χ0v) is 13.9. The summed E-state index contributed by atoms with van der Waals surface area (Å²) in [6.07, 6.45) is 1.65. The molecular weight excluding hydrogens is 268 g/mol. The summed E-state index contributed by atoms with van der Waals surface area (Å²) in [5, 5.41) is 11.9. The largest absolute Gasteiger partial charge is 0.480 e. The first-order valence-electron chi connectivity index (χ1n) is 7.97. The van der Waals surface area contributed by atoms with Gasteiger partial charge in [-0.1, -0.05) is 27.7 Å². The van der Waals surface area contributed by atoms with Crippen molar-refractivity contribution in [1.82, 2.24) is 10.2 Å². The third kappa shape index (κ3) is 5.65. The van der Waals surface area contributed by atoms with Crippen LogP contribution in [0, 0.1) is 17.8 Å². The molecule has 0 bridgehead atoms. The molecular formula is C16H30N2O3. The molecule has 4 atom stereocenters. The number of nitrogens with one attached hydrogen (secondary N) is 1. The zero-order chi connectivity index (χ0) is 16.2. The second-order valence-corrected chi connectivity index (χ2v) is 7.10. The molecule has 1 rings (SSSR count). The van der Waals surface area contributed by atoms with Gasteiger partial charge in [0.25, 0.3) is 0 Å². The number of carbonyl (C=O) groups is 2. The van der Waals surface area contributed by atoms with Crippen molar-refractivity contribution in [2.24, 2.45) is 17.8 Å². The van der Waals surface area contributed by atoms with Crippen LogP contribution in [0.1, 0.15) is 47.5 Å². The second kappa shape index (κ2) is 7.78. The molecule has 0 aromatic heterocycles. The minimum atomic E-state index is -0.954. The maximum Gasteiger partial charge on any atom is 0.326 e. The van der Waals surface area contributed by atoms with E-state index in [0.29, 0.717) is 18.3 Å². The van der Waals surface area contributed by atoms with E-state index in [-0.39, 0.29) is 17.9 Å². The highest BCUT2D eigenvalue weighted by molar-refractivity contribution is 5.86. The number of carbonyl (C=O) groups excluding carboxylic acids is 1. The standard InChI is InChI=1S/C16H30N2O3/c1-10(2)6-14(16(20)21)17-15(19)13(5)18-8-11(3)7-12(4)9-18/h10-14H,6-9H2,1-5H3,(H,17,19)(H,20,21). The number of piperidine rings is 1. The van der Waals surface area contributed by atoms with E-state index < -0.39 is 12.0 Å². The number of rotatable bonds is 6. The van der Waals surface area contributed by atoms with Gasteiger partial charge in [0.05, 0.1) is 6.04 Å². The molecule has 2 N–H and O–H groups in total. The van der Waals surface area contributed by atoms with E-state index in [1.165, 1.54) is 6.42 Å². The molecule has 1 saturated heterocycles. The van der Waals surface area contributed by atoms with Crippen molar-refractivity contribution in [2.45, 2.75) is 59.5 Å². The minimum Gasteiger partial charge on any atom is -0.480 e. The Labute approximate surface area is 128 Å². The van der Waals surface area contributed by atoms with Crippen LogP contribution < -0.4 is 5.32 Å². The van der Waals surface area contributed by atoms with Crippen LogP contribution in [0.4, 0.5) is 0 Å². The van der Waals surface area contributed by atoms with Crippen LogP contribution in [0.15, 0.2) is 0 Å². The SMILES string of the molecule is CC(C)CC(NC(=O)C(C)N1CC(C)CC(C)C1)C(=O)O. The van der Waals surface area contributed by atoms with Gasteiger partial charge in [0.15, 0.2) is 0 Å². The summed E-state index contributed by atoms with van der Waals surface area (Å²) in [7, 11) is 0. The van der Waals surface area contributed by atoms with Gasteiger partial charge in [-0.3, -0.25) is 9.69 Å². The maximum absolute atomic E-state index is 12.3. The van der Waals surface area contributed by atoms with Crippen molar-refractivity contribution in [3.05, 3.63) is 0 Å². The molecule has 21 heavy (non-hydrogen) atoms. The lowest BCUT2D eigenvalue weighted by Crippen LogP contribution is -2.53.